The summed E-state index contributed by atoms with van der Waals surface area (Å²) in [6.45, 7) is 1.52. The average molecular weight is 317 g/mol. The van der Waals surface area contributed by atoms with Crippen LogP contribution in [0, 0.1) is 0 Å². The van der Waals surface area contributed by atoms with Crippen molar-refractivity contribution in [3.05, 3.63) is 10.7 Å². The monoisotopic (exact) mass is 316 g/mol. The number of ether oxygens (including phenoxy) is 2. The molecule has 0 aliphatic carbocycles. The largest absolute Gasteiger partial charge is 0.377 e. The normalized spacial score (nSPS) is 23.4. The number of hydrogen-bond acceptors (Lipinski definition) is 6. The fourth-order valence-electron chi connectivity index (χ4n) is 2.07. The molecule has 1 fully saturated rings. The predicted octanol–water partition coefficient (Wildman–Crippen LogP) is 1.13. The van der Waals surface area contributed by atoms with Gasteiger partial charge in [0.25, 0.3) is 0 Å². The van der Waals surface area contributed by atoms with E-state index in [4.69, 9.17) is 9.47 Å². The highest BCUT2D eigenvalue weighted by molar-refractivity contribution is 9.10. The molecule has 2 rings (SSSR count). The van der Waals surface area contributed by atoms with Crippen molar-refractivity contribution in [2.45, 2.75) is 12.2 Å². The SMILES string of the molecule is CNc1ncc(Br)c(N2CC(OC)C(OC)C2)n1. The molecule has 0 spiro atoms. The number of hydrogen-bond donors (Lipinski definition) is 1. The van der Waals surface area contributed by atoms with Crippen LogP contribution in [0.4, 0.5) is 11.8 Å². The molecular formula is C11H17BrN4O2. The van der Waals surface area contributed by atoms with Crippen LogP contribution in [0.2, 0.25) is 0 Å². The fraction of sp³-hybridized carbons (Fsp3) is 0.636. The van der Waals surface area contributed by atoms with Crippen LogP contribution >= 0.6 is 15.9 Å². The molecule has 2 heterocycles. The van der Waals surface area contributed by atoms with Crippen molar-refractivity contribution in [1.82, 2.24) is 9.97 Å². The number of aromatic nitrogens is 2. The zero-order valence-electron chi connectivity index (χ0n) is 10.7. The van der Waals surface area contributed by atoms with E-state index in [0.29, 0.717) is 5.95 Å². The molecule has 1 aromatic rings. The van der Waals surface area contributed by atoms with Crippen molar-refractivity contribution in [1.29, 1.82) is 0 Å². The lowest BCUT2D eigenvalue weighted by molar-refractivity contribution is -0.00461. The molecule has 0 saturated carbocycles. The third-order valence-electron chi connectivity index (χ3n) is 3.07. The minimum Gasteiger partial charge on any atom is -0.377 e. The predicted molar refractivity (Wildman–Crippen MR) is 73.1 cm³/mol. The molecule has 2 atom stereocenters. The van der Waals surface area contributed by atoms with Gasteiger partial charge >= 0.3 is 0 Å². The first kappa shape index (κ1) is 13.5. The highest BCUT2D eigenvalue weighted by atomic mass is 79.9. The van der Waals surface area contributed by atoms with Gasteiger partial charge in [0.1, 0.15) is 18.0 Å². The molecule has 1 saturated heterocycles. The van der Waals surface area contributed by atoms with Gasteiger partial charge in [-0.25, -0.2) is 4.98 Å². The fourth-order valence-corrected chi connectivity index (χ4v) is 2.51. The highest BCUT2D eigenvalue weighted by Crippen LogP contribution is 2.28. The van der Waals surface area contributed by atoms with Crippen LogP contribution < -0.4 is 10.2 Å². The molecular weight excluding hydrogens is 300 g/mol. The maximum absolute atomic E-state index is 5.42. The summed E-state index contributed by atoms with van der Waals surface area (Å²) in [6.07, 6.45) is 1.88. The highest BCUT2D eigenvalue weighted by Gasteiger charge is 2.34. The topological polar surface area (TPSA) is 59.5 Å². The van der Waals surface area contributed by atoms with Crippen LogP contribution in [0.25, 0.3) is 0 Å². The Hall–Kier alpha value is -0.920. The third kappa shape index (κ3) is 2.57. The Morgan fingerprint density at radius 2 is 1.94 bits per heavy atom. The van der Waals surface area contributed by atoms with E-state index in [1.54, 1.807) is 27.5 Å². The summed E-state index contributed by atoms with van der Waals surface area (Å²) in [4.78, 5) is 10.7. The van der Waals surface area contributed by atoms with Crippen molar-refractivity contribution < 1.29 is 9.47 Å². The summed E-state index contributed by atoms with van der Waals surface area (Å²) in [7, 11) is 5.20. The van der Waals surface area contributed by atoms with Crippen LogP contribution in [-0.4, -0.2) is 56.5 Å². The first-order valence-electron chi connectivity index (χ1n) is 5.70. The second-order valence-electron chi connectivity index (χ2n) is 4.07. The van der Waals surface area contributed by atoms with Gasteiger partial charge in [-0.3, -0.25) is 0 Å². The molecule has 1 N–H and O–H groups in total. The summed E-state index contributed by atoms with van der Waals surface area (Å²) in [5.41, 5.74) is 0. The average Bonchev–Trinajstić information content (AvgIpc) is 2.82. The molecule has 18 heavy (non-hydrogen) atoms. The van der Waals surface area contributed by atoms with Crippen LogP contribution in [0.1, 0.15) is 0 Å². The lowest BCUT2D eigenvalue weighted by Crippen LogP contribution is -2.27. The Labute approximate surface area is 115 Å². The summed E-state index contributed by atoms with van der Waals surface area (Å²) in [6, 6.07) is 0. The molecule has 0 amide bonds. The van der Waals surface area contributed by atoms with Crippen molar-refractivity contribution in [3.8, 4) is 0 Å². The zero-order chi connectivity index (χ0) is 13.1. The molecule has 100 valence electrons. The van der Waals surface area contributed by atoms with Crippen molar-refractivity contribution in [2.24, 2.45) is 0 Å². The summed E-state index contributed by atoms with van der Waals surface area (Å²) < 4.78 is 11.7. The summed E-state index contributed by atoms with van der Waals surface area (Å²) in [5.74, 6) is 1.46. The van der Waals surface area contributed by atoms with Crippen molar-refractivity contribution in [3.63, 3.8) is 0 Å². The number of nitrogens with zero attached hydrogens (tertiary/aromatic N) is 3. The van der Waals surface area contributed by atoms with Gasteiger partial charge in [-0.1, -0.05) is 0 Å². The van der Waals surface area contributed by atoms with Gasteiger partial charge < -0.3 is 19.7 Å². The number of halogens is 1. The Bertz CT molecular complexity index is 406. The van der Waals surface area contributed by atoms with E-state index in [1.165, 1.54) is 0 Å². The Kier molecular flexibility index (Phi) is 4.36. The molecule has 0 aromatic carbocycles. The van der Waals surface area contributed by atoms with Crippen molar-refractivity contribution in [2.75, 3.05) is 44.6 Å². The first-order valence-corrected chi connectivity index (χ1v) is 6.49. The zero-order valence-corrected chi connectivity index (χ0v) is 12.3. The second kappa shape index (κ2) is 5.81. The maximum Gasteiger partial charge on any atom is 0.224 e. The van der Waals surface area contributed by atoms with Gasteiger partial charge in [0.2, 0.25) is 5.95 Å². The molecule has 1 aliphatic rings. The van der Waals surface area contributed by atoms with Gasteiger partial charge in [0, 0.05) is 40.6 Å². The van der Waals surface area contributed by atoms with Gasteiger partial charge in [0.05, 0.1) is 4.47 Å². The number of anilines is 2. The molecule has 6 nitrogen and oxygen atoms in total. The minimum atomic E-state index is 0.0647. The Morgan fingerprint density at radius 3 is 2.44 bits per heavy atom. The quantitative estimate of drug-likeness (QED) is 0.898. The minimum absolute atomic E-state index is 0.0647. The van der Waals surface area contributed by atoms with E-state index in [0.717, 1.165) is 23.4 Å². The Balaban J connectivity index is 2.22. The van der Waals surface area contributed by atoms with E-state index in [1.807, 2.05) is 0 Å². The van der Waals surface area contributed by atoms with Gasteiger partial charge in [-0.15, -0.1) is 0 Å². The molecule has 1 aromatic heterocycles. The van der Waals surface area contributed by atoms with E-state index >= 15 is 0 Å². The van der Waals surface area contributed by atoms with Crippen LogP contribution in [0.15, 0.2) is 10.7 Å². The van der Waals surface area contributed by atoms with Gasteiger partial charge in [-0.2, -0.15) is 4.98 Å². The third-order valence-corrected chi connectivity index (χ3v) is 3.63. The van der Waals surface area contributed by atoms with E-state index < -0.39 is 0 Å². The molecule has 1 aliphatic heterocycles. The van der Waals surface area contributed by atoms with Crippen LogP contribution in [0.3, 0.4) is 0 Å². The second-order valence-corrected chi connectivity index (χ2v) is 4.92. The van der Waals surface area contributed by atoms with Crippen LogP contribution in [-0.2, 0) is 9.47 Å². The number of nitrogens with one attached hydrogen (secondary N) is 1. The lowest BCUT2D eigenvalue weighted by Gasteiger charge is -2.18. The van der Waals surface area contributed by atoms with Crippen molar-refractivity contribution >= 4 is 27.7 Å². The number of rotatable bonds is 4. The van der Waals surface area contributed by atoms with E-state index in [2.05, 4.69) is 36.1 Å². The first-order chi connectivity index (χ1) is 8.69. The smallest absolute Gasteiger partial charge is 0.224 e. The lowest BCUT2D eigenvalue weighted by atomic mass is 10.3. The molecule has 7 heteroatoms. The van der Waals surface area contributed by atoms with Gasteiger partial charge in [-0.05, 0) is 15.9 Å². The Morgan fingerprint density at radius 1 is 1.33 bits per heavy atom. The van der Waals surface area contributed by atoms with E-state index in [9.17, 15) is 0 Å². The summed E-state index contributed by atoms with van der Waals surface area (Å²) in [5, 5.41) is 2.94. The molecule has 2 unspecified atom stereocenters. The maximum atomic E-state index is 5.42. The van der Waals surface area contributed by atoms with E-state index in [-0.39, 0.29) is 12.2 Å². The van der Waals surface area contributed by atoms with Crippen LogP contribution in [0.5, 0.6) is 0 Å². The van der Waals surface area contributed by atoms with Gasteiger partial charge in [0.15, 0.2) is 0 Å². The standard InChI is InChI=1S/C11H17BrN4O2/c1-13-11-14-4-7(12)10(15-11)16-5-8(17-2)9(6-16)18-3/h4,8-9H,5-6H2,1-3H3,(H,13,14,15). The molecule has 0 bridgehead atoms. The number of methoxy groups -OCH3 is 2. The summed E-state index contributed by atoms with van der Waals surface area (Å²) >= 11 is 3.48. The molecule has 0 radical (unpaired) electrons.